The highest BCUT2D eigenvalue weighted by atomic mass is 79.9. The van der Waals surface area contributed by atoms with Crippen LogP contribution in [0.4, 0.5) is 8.78 Å². The summed E-state index contributed by atoms with van der Waals surface area (Å²) in [6, 6.07) is 8.27. The fraction of sp³-hybridized carbons (Fsp3) is 0.0714. The van der Waals surface area contributed by atoms with Gasteiger partial charge in [-0.05, 0) is 40.2 Å². The highest BCUT2D eigenvalue weighted by Crippen LogP contribution is 2.27. The van der Waals surface area contributed by atoms with E-state index in [1.54, 1.807) is 0 Å². The number of hydrogen-bond donors (Lipinski definition) is 0. The fourth-order valence-corrected chi connectivity index (χ4v) is 2.07. The number of rotatable bonds is 3. The highest BCUT2D eigenvalue weighted by Gasteiger charge is 2.22. The third-order valence-corrected chi connectivity index (χ3v) is 3.23. The van der Waals surface area contributed by atoms with Crippen LogP contribution in [0.2, 0.25) is 0 Å². The van der Waals surface area contributed by atoms with Crippen molar-refractivity contribution in [2.24, 2.45) is 0 Å². The highest BCUT2D eigenvalue weighted by molar-refractivity contribution is 9.10. The molecule has 0 atom stereocenters. The molecule has 0 unspecified atom stereocenters. The topological polar surface area (TPSA) is 26.3 Å². The Labute approximate surface area is 117 Å². The molecule has 0 bridgehead atoms. The van der Waals surface area contributed by atoms with Gasteiger partial charge in [-0.2, -0.15) is 0 Å². The molecule has 0 N–H and O–H groups in total. The molecule has 0 fully saturated rings. The molecule has 98 valence electrons. The van der Waals surface area contributed by atoms with Crippen molar-refractivity contribution >= 4 is 21.7 Å². The summed E-state index contributed by atoms with van der Waals surface area (Å²) in [6.07, 6.45) is 0. The van der Waals surface area contributed by atoms with Crippen LogP contribution in [0.25, 0.3) is 0 Å². The molecule has 0 aromatic heterocycles. The molecule has 2 rings (SSSR count). The van der Waals surface area contributed by atoms with Gasteiger partial charge in [-0.15, -0.1) is 0 Å². The molecular formula is C14H9BrF2O2. The Morgan fingerprint density at radius 2 is 1.84 bits per heavy atom. The van der Waals surface area contributed by atoms with Crippen molar-refractivity contribution < 1.29 is 18.3 Å². The Morgan fingerprint density at radius 1 is 1.16 bits per heavy atom. The van der Waals surface area contributed by atoms with Crippen LogP contribution in [0.15, 0.2) is 40.9 Å². The van der Waals surface area contributed by atoms with Crippen molar-refractivity contribution in [2.75, 3.05) is 7.11 Å². The van der Waals surface area contributed by atoms with Crippen LogP contribution in [0.3, 0.4) is 0 Å². The zero-order chi connectivity index (χ0) is 14.0. The molecule has 0 saturated carbocycles. The maximum Gasteiger partial charge on any atom is 0.202 e. The second kappa shape index (κ2) is 5.48. The summed E-state index contributed by atoms with van der Waals surface area (Å²) in [4.78, 5) is 12.2. The molecule has 2 aromatic rings. The van der Waals surface area contributed by atoms with E-state index in [0.29, 0.717) is 0 Å². The molecule has 0 heterocycles. The van der Waals surface area contributed by atoms with Gasteiger partial charge in [0.1, 0.15) is 22.9 Å². The summed E-state index contributed by atoms with van der Waals surface area (Å²) in [5.74, 6) is -2.15. The van der Waals surface area contributed by atoms with Crippen molar-refractivity contribution in [3.8, 4) is 5.75 Å². The van der Waals surface area contributed by atoms with E-state index >= 15 is 0 Å². The van der Waals surface area contributed by atoms with Gasteiger partial charge in [0.05, 0.1) is 17.1 Å². The minimum Gasteiger partial charge on any atom is -0.496 e. The first-order chi connectivity index (χ1) is 9.06. The minimum absolute atomic E-state index is 0.0735. The van der Waals surface area contributed by atoms with Gasteiger partial charge in [-0.3, -0.25) is 4.79 Å². The lowest BCUT2D eigenvalue weighted by atomic mass is 10.0. The van der Waals surface area contributed by atoms with Crippen LogP contribution in [0.5, 0.6) is 5.75 Å². The summed E-state index contributed by atoms with van der Waals surface area (Å²) < 4.78 is 32.7. The van der Waals surface area contributed by atoms with Gasteiger partial charge in [0.25, 0.3) is 0 Å². The van der Waals surface area contributed by atoms with Crippen LogP contribution in [0, 0.1) is 11.6 Å². The predicted molar refractivity (Wildman–Crippen MR) is 70.5 cm³/mol. The van der Waals surface area contributed by atoms with Gasteiger partial charge in [0, 0.05) is 0 Å². The number of ketones is 1. The second-order valence-corrected chi connectivity index (χ2v) is 4.60. The molecule has 5 heteroatoms. The monoisotopic (exact) mass is 326 g/mol. The molecule has 0 aliphatic rings. The summed E-state index contributed by atoms with van der Waals surface area (Å²) in [6.45, 7) is 0. The van der Waals surface area contributed by atoms with E-state index in [9.17, 15) is 13.6 Å². The number of benzene rings is 2. The average molecular weight is 327 g/mol. The van der Waals surface area contributed by atoms with Crippen molar-refractivity contribution in [1.82, 2.24) is 0 Å². The maximum absolute atomic E-state index is 13.9. The third-order valence-electron chi connectivity index (χ3n) is 2.62. The van der Waals surface area contributed by atoms with Gasteiger partial charge in [0.15, 0.2) is 0 Å². The fourth-order valence-electron chi connectivity index (χ4n) is 1.71. The number of carbonyl (C=O) groups excluding carboxylic acids is 1. The van der Waals surface area contributed by atoms with E-state index in [1.807, 2.05) is 0 Å². The van der Waals surface area contributed by atoms with Crippen molar-refractivity contribution in [3.05, 3.63) is 63.6 Å². The summed E-state index contributed by atoms with van der Waals surface area (Å²) >= 11 is 2.99. The average Bonchev–Trinajstić information content (AvgIpc) is 2.40. The standard InChI is InChI=1S/C14H9BrF2O2/c1-19-11-7-3-6-10(16)12(11)14(18)8-4-2-5-9(15)13(8)17/h2-7H,1H3. The lowest BCUT2D eigenvalue weighted by molar-refractivity contribution is 0.102. The predicted octanol–water partition coefficient (Wildman–Crippen LogP) is 3.97. The first-order valence-corrected chi connectivity index (χ1v) is 6.16. The van der Waals surface area contributed by atoms with Crippen LogP contribution in [0.1, 0.15) is 15.9 Å². The van der Waals surface area contributed by atoms with Crippen molar-refractivity contribution in [1.29, 1.82) is 0 Å². The largest absolute Gasteiger partial charge is 0.496 e. The number of hydrogen-bond acceptors (Lipinski definition) is 2. The molecule has 0 aliphatic carbocycles. The SMILES string of the molecule is COc1cccc(F)c1C(=O)c1cccc(Br)c1F. The van der Waals surface area contributed by atoms with E-state index in [0.717, 1.165) is 6.07 Å². The van der Waals surface area contributed by atoms with Gasteiger partial charge >= 0.3 is 0 Å². The van der Waals surface area contributed by atoms with E-state index in [-0.39, 0.29) is 21.3 Å². The lowest BCUT2D eigenvalue weighted by Gasteiger charge is -2.09. The molecule has 19 heavy (non-hydrogen) atoms. The second-order valence-electron chi connectivity index (χ2n) is 3.75. The minimum atomic E-state index is -0.756. The smallest absolute Gasteiger partial charge is 0.202 e. The van der Waals surface area contributed by atoms with Crippen LogP contribution in [-0.2, 0) is 0 Å². The quantitative estimate of drug-likeness (QED) is 0.798. The van der Waals surface area contributed by atoms with Crippen LogP contribution < -0.4 is 4.74 Å². The Bertz CT molecular complexity index is 641. The normalized spacial score (nSPS) is 10.3. The Morgan fingerprint density at radius 3 is 2.53 bits per heavy atom. The van der Waals surface area contributed by atoms with E-state index < -0.39 is 17.4 Å². The van der Waals surface area contributed by atoms with E-state index in [4.69, 9.17) is 4.74 Å². The van der Waals surface area contributed by atoms with Gasteiger partial charge in [-0.1, -0.05) is 12.1 Å². The Hall–Kier alpha value is -1.75. The van der Waals surface area contributed by atoms with Gasteiger partial charge in [-0.25, -0.2) is 8.78 Å². The molecular weight excluding hydrogens is 318 g/mol. The van der Waals surface area contributed by atoms with Gasteiger partial charge in [0.2, 0.25) is 5.78 Å². The van der Waals surface area contributed by atoms with Gasteiger partial charge < -0.3 is 4.74 Å². The Balaban J connectivity index is 2.60. The first-order valence-electron chi connectivity index (χ1n) is 5.37. The zero-order valence-electron chi connectivity index (χ0n) is 9.91. The third kappa shape index (κ3) is 2.51. The van der Waals surface area contributed by atoms with E-state index in [1.165, 1.54) is 37.4 Å². The summed E-state index contributed by atoms with van der Waals surface area (Å²) in [5, 5.41) is 0. The number of methoxy groups -OCH3 is 1. The molecule has 2 aromatic carbocycles. The number of ether oxygens (including phenoxy) is 1. The molecule has 2 nitrogen and oxygen atoms in total. The molecule has 0 aliphatic heterocycles. The summed E-state index contributed by atoms with van der Waals surface area (Å²) in [7, 11) is 1.32. The molecule has 0 saturated heterocycles. The van der Waals surface area contributed by atoms with Crippen LogP contribution >= 0.6 is 15.9 Å². The van der Waals surface area contributed by atoms with Crippen molar-refractivity contribution in [2.45, 2.75) is 0 Å². The number of carbonyl (C=O) groups is 1. The Kier molecular flexibility index (Phi) is 3.95. The van der Waals surface area contributed by atoms with Crippen molar-refractivity contribution in [3.63, 3.8) is 0 Å². The molecule has 0 radical (unpaired) electrons. The maximum atomic E-state index is 13.9. The first kappa shape index (κ1) is 13.7. The number of halogens is 3. The lowest BCUT2D eigenvalue weighted by Crippen LogP contribution is -2.09. The molecule has 0 spiro atoms. The molecule has 0 amide bonds. The van der Waals surface area contributed by atoms with E-state index in [2.05, 4.69) is 15.9 Å². The zero-order valence-corrected chi connectivity index (χ0v) is 11.5. The summed E-state index contributed by atoms with van der Waals surface area (Å²) in [5.41, 5.74) is -0.486. The van der Waals surface area contributed by atoms with Crippen LogP contribution in [-0.4, -0.2) is 12.9 Å².